The maximum Gasteiger partial charge on any atom is 0.240 e. The van der Waals surface area contributed by atoms with Gasteiger partial charge in [-0.05, 0) is 30.2 Å². The highest BCUT2D eigenvalue weighted by atomic mass is 19.1. The first-order chi connectivity index (χ1) is 14.1. The fraction of sp³-hybridized carbons (Fsp3) is 0.364. The van der Waals surface area contributed by atoms with Crippen molar-refractivity contribution in [1.29, 1.82) is 0 Å². The Morgan fingerprint density at radius 3 is 2.52 bits per heavy atom. The van der Waals surface area contributed by atoms with Gasteiger partial charge in [-0.2, -0.15) is 0 Å². The van der Waals surface area contributed by atoms with Crippen LogP contribution in [0.5, 0.6) is 0 Å². The zero-order chi connectivity index (χ0) is 20.6. The van der Waals surface area contributed by atoms with Gasteiger partial charge in [0, 0.05) is 26.6 Å². The molecular formula is C22H26FN3O3. The molecule has 0 unspecified atom stereocenters. The molecule has 1 aliphatic heterocycles. The van der Waals surface area contributed by atoms with E-state index in [1.807, 2.05) is 24.3 Å². The molecule has 1 heterocycles. The lowest BCUT2D eigenvalue weighted by molar-refractivity contribution is -0.123. The number of nitrogens with one attached hydrogen (secondary N) is 1. The van der Waals surface area contributed by atoms with E-state index >= 15 is 0 Å². The lowest BCUT2D eigenvalue weighted by Gasteiger charge is -2.33. The second-order valence-corrected chi connectivity index (χ2v) is 6.88. The van der Waals surface area contributed by atoms with Gasteiger partial charge in [-0.3, -0.25) is 9.59 Å². The van der Waals surface area contributed by atoms with Gasteiger partial charge in [-0.15, -0.1) is 0 Å². The number of nitrogens with zero attached hydrogens (tertiary/aromatic N) is 2. The number of ether oxygens (including phenoxy) is 1. The van der Waals surface area contributed by atoms with Gasteiger partial charge in [0.1, 0.15) is 12.4 Å². The number of carbonyl (C=O) groups is 2. The maximum atomic E-state index is 13.7. The minimum absolute atomic E-state index is 0.0893. The van der Waals surface area contributed by atoms with E-state index < -0.39 is 0 Å². The van der Waals surface area contributed by atoms with Crippen LogP contribution in [0.3, 0.4) is 0 Å². The number of para-hydroxylation sites is 2. The van der Waals surface area contributed by atoms with Crippen LogP contribution in [-0.4, -0.2) is 51.2 Å². The monoisotopic (exact) mass is 399 g/mol. The molecule has 1 fully saturated rings. The van der Waals surface area contributed by atoms with Gasteiger partial charge >= 0.3 is 0 Å². The van der Waals surface area contributed by atoms with Gasteiger partial charge in [0.15, 0.2) is 0 Å². The molecular weight excluding hydrogens is 373 g/mol. The van der Waals surface area contributed by atoms with Gasteiger partial charge < -0.3 is 19.9 Å². The van der Waals surface area contributed by atoms with E-state index in [4.69, 9.17) is 4.74 Å². The van der Waals surface area contributed by atoms with Crippen molar-refractivity contribution in [2.75, 3.05) is 49.2 Å². The predicted molar refractivity (Wildman–Crippen MR) is 111 cm³/mol. The van der Waals surface area contributed by atoms with Gasteiger partial charge in [-0.1, -0.05) is 30.3 Å². The third-order valence-electron chi connectivity index (χ3n) is 4.88. The normalized spacial score (nSPS) is 13.8. The average Bonchev–Trinajstić information content (AvgIpc) is 2.74. The molecule has 1 aliphatic rings. The average molecular weight is 399 g/mol. The number of amides is 2. The van der Waals surface area contributed by atoms with Crippen LogP contribution in [0, 0.1) is 5.82 Å². The van der Waals surface area contributed by atoms with E-state index in [0.717, 1.165) is 18.8 Å². The number of morpholine rings is 1. The number of anilines is 2. The Labute approximate surface area is 170 Å². The van der Waals surface area contributed by atoms with Gasteiger partial charge in [0.25, 0.3) is 0 Å². The minimum Gasteiger partial charge on any atom is -0.378 e. The van der Waals surface area contributed by atoms with Crippen molar-refractivity contribution in [3.63, 3.8) is 0 Å². The Kier molecular flexibility index (Phi) is 7.19. The van der Waals surface area contributed by atoms with Crippen LogP contribution in [0.1, 0.15) is 12.5 Å². The van der Waals surface area contributed by atoms with Crippen molar-refractivity contribution < 1.29 is 18.7 Å². The van der Waals surface area contributed by atoms with Crippen molar-refractivity contribution in [3.8, 4) is 0 Å². The molecule has 0 spiro atoms. The fourth-order valence-corrected chi connectivity index (χ4v) is 3.37. The molecule has 1 N–H and O–H groups in total. The highest BCUT2D eigenvalue weighted by molar-refractivity contribution is 6.00. The van der Waals surface area contributed by atoms with Crippen molar-refractivity contribution in [2.45, 2.75) is 13.3 Å². The maximum absolute atomic E-state index is 13.7. The van der Waals surface area contributed by atoms with Gasteiger partial charge in [-0.25, -0.2) is 4.39 Å². The Bertz CT molecular complexity index is 853. The van der Waals surface area contributed by atoms with E-state index in [1.165, 1.54) is 17.9 Å². The predicted octanol–water partition coefficient (Wildman–Crippen LogP) is 2.37. The van der Waals surface area contributed by atoms with Crippen LogP contribution in [0.15, 0.2) is 48.5 Å². The summed E-state index contributed by atoms with van der Waals surface area (Å²) in [5.74, 6) is -0.783. The van der Waals surface area contributed by atoms with Crippen LogP contribution in [-0.2, 0) is 20.7 Å². The minimum atomic E-state index is -0.286. The van der Waals surface area contributed by atoms with Gasteiger partial charge in [0.05, 0.1) is 24.6 Å². The molecule has 0 atom stereocenters. The Morgan fingerprint density at radius 1 is 1.10 bits per heavy atom. The molecule has 2 aromatic carbocycles. The van der Waals surface area contributed by atoms with Crippen molar-refractivity contribution >= 4 is 23.2 Å². The Morgan fingerprint density at radius 2 is 1.79 bits per heavy atom. The van der Waals surface area contributed by atoms with Crippen molar-refractivity contribution in [2.24, 2.45) is 0 Å². The second kappa shape index (κ2) is 10.0. The van der Waals surface area contributed by atoms with E-state index in [2.05, 4.69) is 10.2 Å². The highest BCUT2D eigenvalue weighted by Gasteiger charge is 2.22. The first-order valence-corrected chi connectivity index (χ1v) is 9.76. The highest BCUT2D eigenvalue weighted by Crippen LogP contribution is 2.30. The largest absolute Gasteiger partial charge is 0.378 e. The lowest BCUT2D eigenvalue weighted by Crippen LogP contribution is -2.42. The quantitative estimate of drug-likeness (QED) is 0.777. The third-order valence-corrected chi connectivity index (χ3v) is 4.88. The molecule has 29 heavy (non-hydrogen) atoms. The zero-order valence-electron chi connectivity index (χ0n) is 16.6. The zero-order valence-corrected chi connectivity index (χ0v) is 16.6. The molecule has 0 aliphatic carbocycles. The van der Waals surface area contributed by atoms with Crippen LogP contribution >= 0.6 is 0 Å². The SMILES string of the molecule is CC(=O)N(CC(=O)NCCc1ccccc1F)c1ccccc1N1CCOCC1. The van der Waals surface area contributed by atoms with E-state index in [1.54, 1.807) is 18.2 Å². The lowest BCUT2D eigenvalue weighted by atomic mass is 10.1. The number of carbonyl (C=O) groups excluding carboxylic acids is 2. The van der Waals surface area contributed by atoms with Crippen LogP contribution in [0.4, 0.5) is 15.8 Å². The molecule has 0 bridgehead atoms. The summed E-state index contributed by atoms with van der Waals surface area (Å²) < 4.78 is 19.1. The third kappa shape index (κ3) is 5.54. The molecule has 1 saturated heterocycles. The Balaban J connectivity index is 1.65. The fourth-order valence-electron chi connectivity index (χ4n) is 3.37. The first-order valence-electron chi connectivity index (χ1n) is 9.76. The summed E-state index contributed by atoms with van der Waals surface area (Å²) in [6.07, 6.45) is 0.392. The molecule has 0 aromatic heterocycles. The van der Waals surface area contributed by atoms with Crippen LogP contribution in [0.25, 0.3) is 0 Å². The summed E-state index contributed by atoms with van der Waals surface area (Å²) in [4.78, 5) is 28.4. The summed E-state index contributed by atoms with van der Waals surface area (Å²) in [6, 6.07) is 14.1. The van der Waals surface area contributed by atoms with Gasteiger partial charge in [0.2, 0.25) is 11.8 Å². The molecule has 0 radical (unpaired) electrons. The number of hydrogen-bond donors (Lipinski definition) is 1. The summed E-state index contributed by atoms with van der Waals surface area (Å²) in [5.41, 5.74) is 2.16. The van der Waals surface area contributed by atoms with E-state index in [9.17, 15) is 14.0 Å². The standard InChI is InChI=1S/C22H26FN3O3/c1-17(27)26(16-22(28)24-11-10-18-6-2-3-7-19(18)23)21-9-5-4-8-20(21)25-12-14-29-15-13-25/h2-9H,10-16H2,1H3,(H,24,28). The van der Waals surface area contributed by atoms with Crippen LogP contribution in [0.2, 0.25) is 0 Å². The summed E-state index contributed by atoms with van der Waals surface area (Å²) >= 11 is 0. The number of hydrogen-bond acceptors (Lipinski definition) is 4. The van der Waals surface area contributed by atoms with E-state index in [0.29, 0.717) is 37.4 Å². The smallest absolute Gasteiger partial charge is 0.240 e. The number of halogens is 1. The Hall–Kier alpha value is -2.93. The molecule has 3 rings (SSSR count). The molecule has 154 valence electrons. The molecule has 0 saturated carbocycles. The second-order valence-electron chi connectivity index (χ2n) is 6.88. The van der Waals surface area contributed by atoms with E-state index in [-0.39, 0.29) is 24.2 Å². The molecule has 6 nitrogen and oxygen atoms in total. The summed E-state index contributed by atoms with van der Waals surface area (Å²) in [7, 11) is 0. The van der Waals surface area contributed by atoms with Crippen LogP contribution < -0.4 is 15.1 Å². The molecule has 2 aromatic rings. The molecule has 7 heteroatoms. The molecule has 2 amide bonds. The first kappa shape index (κ1) is 20.8. The number of benzene rings is 2. The van der Waals surface area contributed by atoms with Crippen molar-refractivity contribution in [3.05, 3.63) is 59.9 Å². The number of rotatable bonds is 7. The summed E-state index contributed by atoms with van der Waals surface area (Å²) in [5, 5.41) is 2.78. The van der Waals surface area contributed by atoms with Crippen molar-refractivity contribution in [1.82, 2.24) is 5.32 Å². The topological polar surface area (TPSA) is 61.9 Å². The summed E-state index contributed by atoms with van der Waals surface area (Å²) in [6.45, 7) is 4.39.